The number of amides is 1. The van der Waals surface area contributed by atoms with Crippen LogP contribution in [0.1, 0.15) is 57.7 Å². The van der Waals surface area contributed by atoms with Crippen molar-refractivity contribution >= 4 is 5.91 Å². The Morgan fingerprint density at radius 2 is 2.35 bits per heavy atom. The Morgan fingerprint density at radius 3 is 3.00 bits per heavy atom. The maximum absolute atomic E-state index is 12.2. The minimum atomic E-state index is 0.0449. The summed E-state index contributed by atoms with van der Waals surface area (Å²) >= 11 is 0. The quantitative estimate of drug-likeness (QED) is 0.898. The van der Waals surface area contributed by atoms with E-state index in [9.17, 15) is 4.79 Å². The SMILES string of the molecule is CCn1nccc1C(C)NC(=O)CC1CC2CCC1C2. The monoisotopic (exact) mass is 275 g/mol. The molecule has 4 heteroatoms. The Labute approximate surface area is 120 Å². The summed E-state index contributed by atoms with van der Waals surface area (Å²) < 4.78 is 1.95. The van der Waals surface area contributed by atoms with Crippen molar-refractivity contribution in [3.63, 3.8) is 0 Å². The number of hydrogen-bond acceptors (Lipinski definition) is 2. The van der Waals surface area contributed by atoms with Crippen molar-refractivity contribution in [2.24, 2.45) is 17.8 Å². The van der Waals surface area contributed by atoms with Crippen LogP contribution >= 0.6 is 0 Å². The molecule has 1 N–H and O–H groups in total. The Hall–Kier alpha value is -1.32. The minimum Gasteiger partial charge on any atom is -0.348 e. The molecule has 2 aliphatic carbocycles. The van der Waals surface area contributed by atoms with Gasteiger partial charge in [0.2, 0.25) is 5.91 Å². The van der Waals surface area contributed by atoms with Crippen LogP contribution in [0.2, 0.25) is 0 Å². The molecule has 4 unspecified atom stereocenters. The van der Waals surface area contributed by atoms with Gasteiger partial charge in [-0.3, -0.25) is 9.48 Å². The van der Waals surface area contributed by atoms with Crippen LogP contribution in [-0.2, 0) is 11.3 Å². The lowest BCUT2D eigenvalue weighted by Crippen LogP contribution is -2.30. The second-order valence-corrected chi connectivity index (χ2v) is 6.50. The average Bonchev–Trinajstić information content (AvgIpc) is 3.13. The lowest BCUT2D eigenvalue weighted by Gasteiger charge is -2.22. The molecule has 2 bridgehead atoms. The summed E-state index contributed by atoms with van der Waals surface area (Å²) in [5, 5.41) is 7.41. The highest BCUT2D eigenvalue weighted by molar-refractivity contribution is 5.76. The fraction of sp³-hybridized carbons (Fsp3) is 0.750. The molecule has 3 rings (SSSR count). The Morgan fingerprint density at radius 1 is 1.50 bits per heavy atom. The van der Waals surface area contributed by atoms with E-state index < -0.39 is 0 Å². The summed E-state index contributed by atoms with van der Waals surface area (Å²) in [5.74, 6) is 2.58. The highest BCUT2D eigenvalue weighted by Gasteiger charge is 2.40. The molecule has 1 aromatic rings. The van der Waals surface area contributed by atoms with Crippen LogP contribution in [0.5, 0.6) is 0 Å². The number of aromatic nitrogens is 2. The molecule has 1 aromatic heterocycles. The molecule has 1 amide bonds. The summed E-state index contributed by atoms with van der Waals surface area (Å²) in [6.45, 7) is 4.96. The van der Waals surface area contributed by atoms with E-state index in [0.29, 0.717) is 12.3 Å². The maximum Gasteiger partial charge on any atom is 0.220 e. The average molecular weight is 275 g/mol. The molecule has 2 aliphatic rings. The molecule has 0 aromatic carbocycles. The van der Waals surface area contributed by atoms with Gasteiger partial charge in [0.05, 0.1) is 11.7 Å². The zero-order valence-corrected chi connectivity index (χ0v) is 12.5. The highest BCUT2D eigenvalue weighted by atomic mass is 16.1. The van der Waals surface area contributed by atoms with Crippen LogP contribution < -0.4 is 5.32 Å². The predicted molar refractivity (Wildman–Crippen MR) is 78.0 cm³/mol. The fourth-order valence-electron chi connectivity index (χ4n) is 4.21. The van der Waals surface area contributed by atoms with E-state index >= 15 is 0 Å². The smallest absolute Gasteiger partial charge is 0.220 e. The first-order valence-corrected chi connectivity index (χ1v) is 7.98. The van der Waals surface area contributed by atoms with Gasteiger partial charge in [0.1, 0.15) is 0 Å². The first kappa shape index (κ1) is 13.7. The largest absolute Gasteiger partial charge is 0.348 e. The number of rotatable bonds is 5. The normalized spacial score (nSPS) is 29.6. The maximum atomic E-state index is 12.2. The van der Waals surface area contributed by atoms with Gasteiger partial charge in [-0.15, -0.1) is 0 Å². The molecule has 110 valence electrons. The number of nitrogens with one attached hydrogen (secondary N) is 1. The van der Waals surface area contributed by atoms with E-state index in [-0.39, 0.29) is 11.9 Å². The van der Waals surface area contributed by atoms with Gasteiger partial charge in [-0.25, -0.2) is 0 Å². The van der Waals surface area contributed by atoms with Crippen LogP contribution in [0, 0.1) is 17.8 Å². The predicted octanol–water partition coefficient (Wildman–Crippen LogP) is 2.91. The molecule has 0 saturated heterocycles. The molecule has 4 nitrogen and oxygen atoms in total. The van der Waals surface area contributed by atoms with Crippen molar-refractivity contribution in [2.75, 3.05) is 0 Å². The van der Waals surface area contributed by atoms with Crippen LogP contribution in [0.25, 0.3) is 0 Å². The van der Waals surface area contributed by atoms with Crippen molar-refractivity contribution in [3.05, 3.63) is 18.0 Å². The number of nitrogens with zero attached hydrogens (tertiary/aromatic N) is 2. The van der Waals surface area contributed by atoms with Gasteiger partial charge in [-0.2, -0.15) is 5.10 Å². The molecule has 0 aliphatic heterocycles. The van der Waals surface area contributed by atoms with E-state index in [4.69, 9.17) is 0 Å². The van der Waals surface area contributed by atoms with Crippen molar-refractivity contribution in [2.45, 2.75) is 58.5 Å². The third-order valence-corrected chi connectivity index (χ3v) is 5.20. The van der Waals surface area contributed by atoms with E-state index in [1.54, 1.807) is 6.20 Å². The summed E-state index contributed by atoms with van der Waals surface area (Å²) in [7, 11) is 0. The summed E-state index contributed by atoms with van der Waals surface area (Å²) in [6, 6.07) is 2.04. The first-order valence-electron chi connectivity index (χ1n) is 7.98. The van der Waals surface area contributed by atoms with Crippen LogP contribution in [-0.4, -0.2) is 15.7 Å². The van der Waals surface area contributed by atoms with Gasteiger partial charge >= 0.3 is 0 Å². The Bertz CT molecular complexity index is 482. The van der Waals surface area contributed by atoms with Crippen LogP contribution in [0.15, 0.2) is 12.3 Å². The molecule has 0 radical (unpaired) electrons. The number of aryl methyl sites for hydroxylation is 1. The third kappa shape index (κ3) is 2.60. The summed E-state index contributed by atoms with van der Waals surface area (Å²) in [6.07, 6.45) is 7.91. The Balaban J connectivity index is 1.54. The van der Waals surface area contributed by atoms with E-state index in [0.717, 1.165) is 24.1 Å². The molecule has 20 heavy (non-hydrogen) atoms. The van der Waals surface area contributed by atoms with Gasteiger partial charge < -0.3 is 5.32 Å². The van der Waals surface area contributed by atoms with Gasteiger partial charge in [0, 0.05) is 19.2 Å². The van der Waals surface area contributed by atoms with E-state index in [1.807, 2.05) is 17.7 Å². The Kier molecular flexibility index (Phi) is 3.81. The third-order valence-electron chi connectivity index (χ3n) is 5.20. The summed E-state index contributed by atoms with van der Waals surface area (Å²) in [4.78, 5) is 12.2. The topological polar surface area (TPSA) is 46.9 Å². The van der Waals surface area contributed by atoms with Crippen LogP contribution in [0.3, 0.4) is 0 Å². The zero-order valence-electron chi connectivity index (χ0n) is 12.5. The molecule has 2 fully saturated rings. The zero-order chi connectivity index (χ0) is 14.1. The molecular weight excluding hydrogens is 250 g/mol. The summed E-state index contributed by atoms with van der Waals surface area (Å²) in [5.41, 5.74) is 1.09. The molecule has 0 spiro atoms. The van der Waals surface area contributed by atoms with E-state index in [2.05, 4.69) is 17.3 Å². The number of carbonyl (C=O) groups excluding carboxylic acids is 1. The second kappa shape index (κ2) is 5.58. The number of hydrogen-bond donors (Lipinski definition) is 1. The van der Waals surface area contributed by atoms with Crippen molar-refractivity contribution < 1.29 is 4.79 Å². The standard InChI is InChI=1S/C16H25N3O/c1-3-19-15(6-7-17-19)11(2)18-16(20)10-14-9-12-4-5-13(14)8-12/h6-7,11-14H,3-5,8-10H2,1-2H3,(H,18,20). The highest BCUT2D eigenvalue weighted by Crippen LogP contribution is 2.49. The van der Waals surface area contributed by atoms with Gasteiger partial charge in [-0.1, -0.05) is 6.42 Å². The van der Waals surface area contributed by atoms with Crippen LogP contribution in [0.4, 0.5) is 0 Å². The molecule has 4 atom stereocenters. The van der Waals surface area contributed by atoms with Gasteiger partial charge in [0.25, 0.3) is 0 Å². The number of carbonyl (C=O) groups is 1. The van der Waals surface area contributed by atoms with Gasteiger partial charge in [-0.05, 0) is 56.9 Å². The first-order chi connectivity index (χ1) is 9.67. The van der Waals surface area contributed by atoms with Gasteiger partial charge in [0.15, 0.2) is 0 Å². The van der Waals surface area contributed by atoms with E-state index in [1.165, 1.54) is 25.7 Å². The van der Waals surface area contributed by atoms with Crippen molar-refractivity contribution in [3.8, 4) is 0 Å². The molecule has 2 saturated carbocycles. The minimum absolute atomic E-state index is 0.0449. The lowest BCUT2D eigenvalue weighted by molar-refractivity contribution is -0.123. The fourth-order valence-corrected chi connectivity index (χ4v) is 4.21. The second-order valence-electron chi connectivity index (χ2n) is 6.50. The lowest BCUT2D eigenvalue weighted by atomic mass is 9.86. The molecule has 1 heterocycles. The number of fused-ring (bicyclic) bond motifs is 2. The van der Waals surface area contributed by atoms with Crippen molar-refractivity contribution in [1.82, 2.24) is 15.1 Å². The van der Waals surface area contributed by atoms with Crippen molar-refractivity contribution in [1.29, 1.82) is 0 Å². The molecular formula is C16H25N3O.